The molecule has 1 aliphatic rings. The molecule has 14 nitrogen and oxygen atoms in total. The number of hydrogen-bond donors (Lipinski definition) is 5. The van der Waals surface area contributed by atoms with Gasteiger partial charge in [-0.15, -0.1) is 0 Å². The summed E-state index contributed by atoms with van der Waals surface area (Å²) in [4.78, 5) is 85.6. The Labute approximate surface area is 238 Å². The third-order valence-electron chi connectivity index (χ3n) is 6.03. The van der Waals surface area contributed by atoms with Gasteiger partial charge in [0.2, 0.25) is 41.4 Å². The van der Waals surface area contributed by atoms with Crippen LogP contribution < -0.4 is 26.6 Å². The average Bonchev–Trinajstić information content (AvgIpc) is 3.19. The van der Waals surface area contributed by atoms with Crippen LogP contribution in [-0.2, 0) is 44.7 Å². The van der Waals surface area contributed by atoms with Gasteiger partial charge in [0.15, 0.2) is 0 Å². The van der Waals surface area contributed by atoms with Crippen LogP contribution in [0.5, 0.6) is 0 Å². The summed E-state index contributed by atoms with van der Waals surface area (Å²) < 4.78 is 5.31. The minimum absolute atomic E-state index is 0.0343. The van der Waals surface area contributed by atoms with E-state index in [1.807, 2.05) is 6.07 Å². The molecule has 2 rings (SSSR count). The van der Waals surface area contributed by atoms with E-state index in [0.29, 0.717) is 6.54 Å². The Balaban J connectivity index is 1.68. The maximum Gasteiger partial charge on any atom is 0.243 e. The molecule has 1 fully saturated rings. The van der Waals surface area contributed by atoms with Crippen LogP contribution >= 0.6 is 0 Å². The Morgan fingerprint density at radius 3 is 2.17 bits per heavy atom. The number of imide groups is 1. The Bertz CT molecular complexity index is 1100. The molecule has 41 heavy (non-hydrogen) atoms. The lowest BCUT2D eigenvalue weighted by molar-refractivity contribution is -0.140. The molecule has 1 aromatic carbocycles. The minimum atomic E-state index is -0.985. The van der Waals surface area contributed by atoms with Crippen LogP contribution in [0.3, 0.4) is 0 Å². The molecule has 14 heteroatoms. The van der Waals surface area contributed by atoms with Crippen molar-refractivity contribution in [3.8, 4) is 0 Å². The van der Waals surface area contributed by atoms with E-state index in [0.717, 1.165) is 10.5 Å². The van der Waals surface area contributed by atoms with E-state index < -0.39 is 36.2 Å². The van der Waals surface area contributed by atoms with Crippen LogP contribution in [0.1, 0.15) is 32.3 Å². The number of likely N-dealkylation sites (N-methyl/N-ethyl adjacent to an activating group) is 1. The minimum Gasteiger partial charge on any atom is -0.379 e. The fourth-order valence-corrected chi connectivity index (χ4v) is 3.87. The molecule has 0 saturated carbocycles. The van der Waals surface area contributed by atoms with Crippen LogP contribution in [0, 0.1) is 5.92 Å². The molecule has 0 bridgehead atoms. The monoisotopic (exact) mass is 574 g/mol. The summed E-state index contributed by atoms with van der Waals surface area (Å²) in [6.45, 7) is 3.06. The molecule has 0 radical (unpaired) electrons. The maximum atomic E-state index is 12.7. The maximum absolute atomic E-state index is 12.7. The Morgan fingerprint density at radius 1 is 0.878 bits per heavy atom. The lowest BCUT2D eigenvalue weighted by atomic mass is 10.1. The molecular formula is C27H38N6O8. The number of hydrogen-bond acceptors (Lipinski definition) is 8. The first-order chi connectivity index (χ1) is 19.6. The van der Waals surface area contributed by atoms with Gasteiger partial charge in [-0.2, -0.15) is 0 Å². The Morgan fingerprint density at radius 2 is 1.51 bits per heavy atom. The summed E-state index contributed by atoms with van der Waals surface area (Å²) in [6, 6.07) is 8.00. The van der Waals surface area contributed by atoms with Crippen molar-refractivity contribution < 1.29 is 38.3 Å². The Hall–Kier alpha value is -4.33. The van der Waals surface area contributed by atoms with Crippen molar-refractivity contribution in [2.75, 3.05) is 45.9 Å². The summed E-state index contributed by atoms with van der Waals surface area (Å²) in [5.74, 6) is -3.42. The van der Waals surface area contributed by atoms with Crippen LogP contribution in [0.15, 0.2) is 30.3 Å². The number of nitrogens with one attached hydrogen (secondary N) is 5. The normalized spacial score (nSPS) is 15.2. The van der Waals surface area contributed by atoms with E-state index in [9.17, 15) is 33.6 Å². The highest BCUT2D eigenvalue weighted by molar-refractivity contribution is 6.03. The van der Waals surface area contributed by atoms with Crippen LogP contribution in [0.25, 0.3) is 0 Å². The SMILES string of the molecule is CCNC(=O)CNC(=O)C(Cc1ccccc1)NC(=O)CNC(=O)CNC(=O)CCOCCN1C(=O)CC(C)C1=O. The van der Waals surface area contributed by atoms with Gasteiger partial charge < -0.3 is 31.3 Å². The molecule has 0 aliphatic carbocycles. The summed E-state index contributed by atoms with van der Waals surface area (Å²) >= 11 is 0. The van der Waals surface area contributed by atoms with Crippen molar-refractivity contribution in [1.29, 1.82) is 0 Å². The van der Waals surface area contributed by atoms with Crippen molar-refractivity contribution in [1.82, 2.24) is 31.5 Å². The second kappa shape index (κ2) is 17.4. The number of ether oxygens (including phenoxy) is 1. The van der Waals surface area contributed by atoms with Gasteiger partial charge in [0.25, 0.3) is 0 Å². The van der Waals surface area contributed by atoms with Gasteiger partial charge in [0.1, 0.15) is 6.04 Å². The van der Waals surface area contributed by atoms with E-state index in [1.54, 1.807) is 38.1 Å². The second-order valence-electron chi connectivity index (χ2n) is 9.39. The van der Waals surface area contributed by atoms with Crippen LogP contribution in [0.4, 0.5) is 0 Å². The standard InChI is InChI=1S/C27H38N6O8/c1-3-28-22(35)16-31-26(39)20(14-19-7-5-4-6-8-19)32-24(37)17-30-23(36)15-29-21(34)9-11-41-12-10-33-25(38)13-18(2)27(33)40/h4-8,18,20H,3,9-17H2,1-2H3,(H,28,35)(H,29,34)(H,30,36)(H,31,39)(H,32,37). The number of nitrogens with zero attached hydrogens (tertiary/aromatic N) is 1. The highest BCUT2D eigenvalue weighted by Gasteiger charge is 2.35. The number of amides is 7. The van der Waals surface area contributed by atoms with E-state index >= 15 is 0 Å². The molecule has 2 unspecified atom stereocenters. The first kappa shape index (κ1) is 32.9. The van der Waals surface area contributed by atoms with Gasteiger partial charge in [-0.3, -0.25) is 38.5 Å². The first-order valence-electron chi connectivity index (χ1n) is 13.4. The molecule has 7 amide bonds. The zero-order chi connectivity index (χ0) is 30.2. The van der Waals surface area contributed by atoms with Gasteiger partial charge in [-0.1, -0.05) is 37.3 Å². The summed E-state index contributed by atoms with van der Waals surface area (Å²) in [5.41, 5.74) is 0.786. The van der Waals surface area contributed by atoms with Crippen molar-refractivity contribution in [3.05, 3.63) is 35.9 Å². The van der Waals surface area contributed by atoms with Crippen molar-refractivity contribution in [2.45, 2.75) is 39.2 Å². The molecular weight excluding hydrogens is 536 g/mol. The fourth-order valence-electron chi connectivity index (χ4n) is 3.87. The van der Waals surface area contributed by atoms with Crippen LogP contribution in [-0.4, -0.2) is 98.2 Å². The zero-order valence-corrected chi connectivity index (χ0v) is 23.3. The largest absolute Gasteiger partial charge is 0.379 e. The smallest absolute Gasteiger partial charge is 0.243 e. The Kier molecular flexibility index (Phi) is 13.9. The van der Waals surface area contributed by atoms with E-state index in [2.05, 4.69) is 26.6 Å². The van der Waals surface area contributed by atoms with Gasteiger partial charge in [0.05, 0.1) is 39.4 Å². The van der Waals surface area contributed by atoms with Gasteiger partial charge in [-0.05, 0) is 12.5 Å². The first-order valence-corrected chi connectivity index (χ1v) is 13.4. The molecule has 1 heterocycles. The van der Waals surface area contributed by atoms with E-state index in [-0.39, 0.29) is 75.7 Å². The molecule has 5 N–H and O–H groups in total. The van der Waals surface area contributed by atoms with E-state index in [4.69, 9.17) is 4.74 Å². The zero-order valence-electron chi connectivity index (χ0n) is 23.3. The third-order valence-corrected chi connectivity index (χ3v) is 6.03. The van der Waals surface area contributed by atoms with Crippen molar-refractivity contribution in [2.24, 2.45) is 5.92 Å². The highest BCUT2D eigenvalue weighted by Crippen LogP contribution is 2.18. The predicted octanol–water partition coefficient (Wildman–Crippen LogP) is -2.00. The third kappa shape index (κ3) is 12.2. The summed E-state index contributed by atoms with van der Waals surface area (Å²) in [5, 5.41) is 12.4. The molecule has 0 aromatic heterocycles. The molecule has 224 valence electrons. The van der Waals surface area contributed by atoms with Crippen molar-refractivity contribution >= 4 is 41.4 Å². The topological polar surface area (TPSA) is 192 Å². The van der Waals surface area contributed by atoms with Crippen LogP contribution in [0.2, 0.25) is 0 Å². The molecule has 1 aliphatic heterocycles. The quantitative estimate of drug-likeness (QED) is 0.104. The van der Waals surface area contributed by atoms with Gasteiger partial charge in [-0.25, -0.2) is 0 Å². The lowest BCUT2D eigenvalue weighted by Gasteiger charge is -2.19. The number of carbonyl (C=O) groups is 7. The van der Waals surface area contributed by atoms with Gasteiger partial charge in [0, 0.05) is 31.7 Å². The average molecular weight is 575 g/mol. The molecule has 0 spiro atoms. The number of carbonyl (C=O) groups excluding carboxylic acids is 7. The second-order valence-corrected chi connectivity index (χ2v) is 9.39. The number of benzene rings is 1. The van der Waals surface area contributed by atoms with Gasteiger partial charge >= 0.3 is 0 Å². The molecule has 2 atom stereocenters. The summed E-state index contributed by atoms with van der Waals surface area (Å²) in [6.07, 6.45) is 0.316. The van der Waals surface area contributed by atoms with E-state index in [1.165, 1.54) is 0 Å². The summed E-state index contributed by atoms with van der Waals surface area (Å²) in [7, 11) is 0. The molecule has 1 aromatic rings. The number of likely N-dealkylation sites (tertiary alicyclic amines) is 1. The van der Waals surface area contributed by atoms with Crippen molar-refractivity contribution in [3.63, 3.8) is 0 Å². The lowest BCUT2D eigenvalue weighted by Crippen LogP contribution is -2.52. The highest BCUT2D eigenvalue weighted by atomic mass is 16.5. The number of rotatable bonds is 17. The fraction of sp³-hybridized carbons (Fsp3) is 0.519. The molecule has 1 saturated heterocycles. The predicted molar refractivity (Wildman–Crippen MR) is 146 cm³/mol.